The first-order chi connectivity index (χ1) is 11.6. The van der Waals surface area contributed by atoms with E-state index in [2.05, 4.69) is 20.4 Å². The Balaban J connectivity index is 1.89. The molecule has 5 nitrogen and oxygen atoms in total. The zero-order valence-electron chi connectivity index (χ0n) is 15.8. The predicted molar refractivity (Wildman–Crippen MR) is 97.4 cm³/mol. The summed E-state index contributed by atoms with van der Waals surface area (Å²) in [6, 6.07) is -0.168. The first-order valence-corrected chi connectivity index (χ1v) is 10.9. The van der Waals surface area contributed by atoms with Gasteiger partial charge in [0.25, 0.3) is 0 Å². The number of amides is 1. The fourth-order valence-corrected chi connectivity index (χ4v) is 8.41. The van der Waals surface area contributed by atoms with Gasteiger partial charge in [-0.3, -0.25) is 4.79 Å². The fraction of sp³-hybridized carbons (Fsp3) is 0.842. The van der Waals surface area contributed by atoms with E-state index in [1.165, 1.54) is 4.31 Å². The van der Waals surface area contributed by atoms with Gasteiger partial charge in [-0.15, -0.1) is 6.58 Å². The molecule has 1 spiro atoms. The quantitative estimate of drug-likeness (QED) is 0.675. The molecule has 25 heavy (non-hydrogen) atoms. The summed E-state index contributed by atoms with van der Waals surface area (Å²) in [7, 11) is -1.98. The highest BCUT2D eigenvalue weighted by molar-refractivity contribution is 7.90. The van der Waals surface area contributed by atoms with E-state index < -0.39 is 15.9 Å². The minimum atomic E-state index is -3.56. The summed E-state index contributed by atoms with van der Waals surface area (Å²) in [6.45, 7) is 9.89. The highest BCUT2D eigenvalue weighted by Gasteiger charge is 2.72. The molecular formula is C19H31NO4S. The van der Waals surface area contributed by atoms with E-state index in [-0.39, 0.29) is 34.6 Å². The third-order valence-corrected chi connectivity index (χ3v) is 9.45. The SMILES string of the molecule is C=CCC[C@@H](OC)C(C)C(=O)N1[C@H]2CC3CC[C@@]2(CS1(=O)=O)C3(C)C. The number of hydrogen-bond acceptors (Lipinski definition) is 4. The van der Waals surface area contributed by atoms with Crippen molar-refractivity contribution in [3.8, 4) is 0 Å². The lowest BCUT2D eigenvalue weighted by atomic mass is 9.69. The Kier molecular flexibility index (Phi) is 4.60. The van der Waals surface area contributed by atoms with Gasteiger partial charge in [0.15, 0.2) is 0 Å². The van der Waals surface area contributed by atoms with Crippen LogP contribution in [0.4, 0.5) is 0 Å². The maximum absolute atomic E-state index is 13.2. The molecule has 0 N–H and O–H groups in total. The Morgan fingerprint density at radius 1 is 1.44 bits per heavy atom. The number of carbonyl (C=O) groups excluding carboxylic acids is 1. The molecule has 3 rings (SSSR count). The minimum Gasteiger partial charge on any atom is -0.381 e. The monoisotopic (exact) mass is 369 g/mol. The molecule has 3 fully saturated rings. The zero-order chi connectivity index (χ0) is 18.6. The number of fused-ring (bicyclic) bond motifs is 1. The molecule has 1 saturated heterocycles. The fourth-order valence-electron chi connectivity index (χ4n) is 5.79. The Hall–Kier alpha value is -0.880. The van der Waals surface area contributed by atoms with Crippen molar-refractivity contribution in [3.63, 3.8) is 0 Å². The van der Waals surface area contributed by atoms with Crippen molar-refractivity contribution < 1.29 is 17.9 Å². The van der Waals surface area contributed by atoms with Crippen LogP contribution in [0.15, 0.2) is 12.7 Å². The molecule has 0 aromatic carbocycles. The number of hydrogen-bond donors (Lipinski definition) is 0. The average Bonchev–Trinajstić information content (AvgIpc) is 3.02. The highest BCUT2D eigenvalue weighted by Crippen LogP contribution is 2.70. The summed E-state index contributed by atoms with van der Waals surface area (Å²) in [6.07, 6.45) is 5.73. The molecule has 1 heterocycles. The molecule has 0 aromatic rings. The van der Waals surface area contributed by atoms with Gasteiger partial charge in [-0.2, -0.15) is 0 Å². The first kappa shape index (κ1) is 18.9. The summed E-state index contributed by atoms with van der Waals surface area (Å²) in [4.78, 5) is 13.2. The predicted octanol–water partition coefficient (Wildman–Crippen LogP) is 2.97. The largest absolute Gasteiger partial charge is 0.381 e. The Morgan fingerprint density at radius 3 is 2.68 bits per heavy atom. The molecule has 142 valence electrons. The van der Waals surface area contributed by atoms with Crippen LogP contribution in [-0.2, 0) is 19.6 Å². The van der Waals surface area contributed by atoms with Gasteiger partial charge in [0.05, 0.1) is 23.8 Å². The van der Waals surface area contributed by atoms with E-state index >= 15 is 0 Å². The molecule has 2 saturated carbocycles. The van der Waals surface area contributed by atoms with Crippen molar-refractivity contribution in [1.82, 2.24) is 4.31 Å². The Morgan fingerprint density at radius 2 is 2.12 bits per heavy atom. The third-order valence-electron chi connectivity index (χ3n) is 7.53. The molecule has 6 heteroatoms. The van der Waals surface area contributed by atoms with Crippen LogP contribution < -0.4 is 0 Å². The average molecular weight is 370 g/mol. The maximum Gasteiger partial charge on any atom is 0.241 e. The molecule has 1 aliphatic heterocycles. The Bertz CT molecular complexity index is 671. The van der Waals surface area contributed by atoms with Gasteiger partial charge in [-0.1, -0.05) is 26.8 Å². The summed E-state index contributed by atoms with van der Waals surface area (Å²) in [5.41, 5.74) is -0.290. The van der Waals surface area contributed by atoms with Gasteiger partial charge >= 0.3 is 0 Å². The normalized spacial score (nSPS) is 36.9. The van der Waals surface area contributed by atoms with E-state index in [9.17, 15) is 13.2 Å². The molecule has 0 radical (unpaired) electrons. The number of ether oxygens (including phenoxy) is 1. The van der Waals surface area contributed by atoms with Gasteiger partial charge in [-0.25, -0.2) is 12.7 Å². The molecule has 3 aliphatic rings. The van der Waals surface area contributed by atoms with Crippen LogP contribution in [0.3, 0.4) is 0 Å². The molecule has 5 atom stereocenters. The second kappa shape index (κ2) is 6.08. The molecule has 0 aromatic heterocycles. The number of rotatable bonds is 6. The summed E-state index contributed by atoms with van der Waals surface area (Å²) in [5, 5.41) is 0. The minimum absolute atomic E-state index is 0.0213. The zero-order valence-corrected chi connectivity index (χ0v) is 16.6. The van der Waals surface area contributed by atoms with E-state index in [0.29, 0.717) is 12.3 Å². The second-order valence-corrected chi connectivity index (χ2v) is 10.5. The van der Waals surface area contributed by atoms with Crippen molar-refractivity contribution in [2.24, 2.45) is 22.7 Å². The Labute approximate surface area is 151 Å². The van der Waals surface area contributed by atoms with Crippen LogP contribution in [0.25, 0.3) is 0 Å². The lowest BCUT2D eigenvalue weighted by Crippen LogP contribution is -2.48. The number of methoxy groups -OCH3 is 1. The van der Waals surface area contributed by atoms with E-state index in [0.717, 1.165) is 25.7 Å². The van der Waals surface area contributed by atoms with Crippen molar-refractivity contribution >= 4 is 15.9 Å². The number of allylic oxidation sites excluding steroid dienone is 1. The van der Waals surface area contributed by atoms with Crippen molar-refractivity contribution in [1.29, 1.82) is 0 Å². The van der Waals surface area contributed by atoms with Crippen molar-refractivity contribution in [2.75, 3.05) is 12.9 Å². The topological polar surface area (TPSA) is 63.7 Å². The molecule has 1 amide bonds. The van der Waals surface area contributed by atoms with Crippen LogP contribution in [0, 0.1) is 22.7 Å². The van der Waals surface area contributed by atoms with Gasteiger partial charge in [0.2, 0.25) is 15.9 Å². The number of carbonyl (C=O) groups is 1. The van der Waals surface area contributed by atoms with Crippen LogP contribution in [-0.4, -0.2) is 43.6 Å². The molecule has 2 bridgehead atoms. The van der Waals surface area contributed by atoms with Gasteiger partial charge in [0, 0.05) is 12.5 Å². The summed E-state index contributed by atoms with van der Waals surface area (Å²) >= 11 is 0. The van der Waals surface area contributed by atoms with Crippen LogP contribution in [0.5, 0.6) is 0 Å². The van der Waals surface area contributed by atoms with Crippen molar-refractivity contribution in [3.05, 3.63) is 12.7 Å². The second-order valence-electron chi connectivity index (χ2n) is 8.68. The van der Waals surface area contributed by atoms with Crippen LogP contribution >= 0.6 is 0 Å². The van der Waals surface area contributed by atoms with Crippen LogP contribution in [0.2, 0.25) is 0 Å². The van der Waals surface area contributed by atoms with Crippen LogP contribution in [0.1, 0.15) is 52.9 Å². The van der Waals surface area contributed by atoms with E-state index in [1.54, 1.807) is 20.1 Å². The third kappa shape index (κ3) is 2.51. The van der Waals surface area contributed by atoms with Gasteiger partial charge in [0.1, 0.15) is 0 Å². The van der Waals surface area contributed by atoms with Crippen molar-refractivity contribution in [2.45, 2.75) is 65.0 Å². The van der Waals surface area contributed by atoms with E-state index in [1.807, 2.05) is 0 Å². The number of nitrogens with zero attached hydrogens (tertiary/aromatic N) is 1. The van der Waals surface area contributed by atoms with E-state index in [4.69, 9.17) is 4.74 Å². The molecule has 2 aliphatic carbocycles. The highest BCUT2D eigenvalue weighted by atomic mass is 32.2. The van der Waals surface area contributed by atoms with Gasteiger partial charge in [-0.05, 0) is 43.4 Å². The lowest BCUT2D eigenvalue weighted by Gasteiger charge is -2.37. The molecular weight excluding hydrogens is 338 g/mol. The summed E-state index contributed by atoms with van der Waals surface area (Å²) < 4.78 is 32.7. The standard InChI is InChI=1S/C19H31NO4S/c1-6-7-8-15(24-5)13(2)17(21)20-16-11-14-9-10-19(16,18(14,3)4)12-25(20,22)23/h6,13-16H,1,7-12H2,2-5H3/t13?,14?,15-,16+,19+/m1/s1. The van der Waals surface area contributed by atoms with Gasteiger partial charge < -0.3 is 4.74 Å². The first-order valence-electron chi connectivity index (χ1n) is 9.32. The molecule has 2 unspecified atom stereocenters. The lowest BCUT2D eigenvalue weighted by molar-refractivity contribution is -0.137. The number of sulfonamides is 1. The summed E-state index contributed by atoms with van der Waals surface area (Å²) in [5.74, 6) is -0.132. The smallest absolute Gasteiger partial charge is 0.241 e. The maximum atomic E-state index is 13.2.